The highest BCUT2D eigenvalue weighted by atomic mass is 16.3. The number of hydrogen-bond acceptors (Lipinski definition) is 5. The molecule has 8 aromatic carbocycles. The molecule has 62 heavy (non-hydrogen) atoms. The van der Waals surface area contributed by atoms with Crippen LogP contribution in [0.1, 0.15) is 17.3 Å². The van der Waals surface area contributed by atoms with Crippen molar-refractivity contribution in [3.8, 4) is 34.4 Å². The zero-order valence-corrected chi connectivity index (χ0v) is 32.9. The van der Waals surface area contributed by atoms with Crippen molar-refractivity contribution in [2.24, 2.45) is 0 Å². The first-order valence-electron chi connectivity index (χ1n) is 20.6. The van der Waals surface area contributed by atoms with Crippen molar-refractivity contribution in [1.82, 2.24) is 14.5 Å². The molecule has 7 nitrogen and oxygen atoms in total. The van der Waals surface area contributed by atoms with Crippen LogP contribution in [0.2, 0.25) is 0 Å². The molecular formula is C55H31N5O2. The SMILES string of the molecule is N#Cc1ccc2c(c1)c1cc(-c3cccc4c3oc3ccccc34)ccc1n2C1=CNC(n2c3ccc(C#N)cc3c3cc(-c4cccc5c4oc4ccccc45)ccc32)C=C1. The standard InChI is InChI=1S/C55H31N5O2/c56-29-32-15-20-47-43(25-32)45-27-34(37-9-5-11-41-39-7-1-3-13-51(39)61-54(37)41)17-22-48(45)59(47)36-19-24-53(58-31-36)60-49-21-16-33(30-57)26-44(49)46-28-35(18-23-50(46)60)38-10-6-12-42-40-8-2-4-14-52(40)62-55(38)42/h1-28,31,53,58H. The Morgan fingerprint density at radius 3 is 1.52 bits per heavy atom. The van der Waals surface area contributed by atoms with E-state index in [2.05, 4.69) is 130 Å². The van der Waals surface area contributed by atoms with Crippen molar-refractivity contribution in [3.63, 3.8) is 0 Å². The molecule has 13 rings (SSSR count). The molecule has 1 aliphatic heterocycles. The predicted molar refractivity (Wildman–Crippen MR) is 249 cm³/mol. The lowest BCUT2D eigenvalue weighted by Crippen LogP contribution is -2.23. The number of allylic oxidation sites excluding steroid dienone is 2. The van der Waals surface area contributed by atoms with Crippen LogP contribution in [0.4, 0.5) is 0 Å². The van der Waals surface area contributed by atoms with Gasteiger partial charge in [0.2, 0.25) is 0 Å². The van der Waals surface area contributed by atoms with Crippen LogP contribution in [0.25, 0.3) is 115 Å². The number of hydrogen-bond donors (Lipinski definition) is 1. The second-order valence-electron chi connectivity index (χ2n) is 16.0. The number of para-hydroxylation sites is 4. The van der Waals surface area contributed by atoms with Crippen LogP contribution in [-0.2, 0) is 0 Å². The molecule has 288 valence electrons. The second-order valence-corrected chi connectivity index (χ2v) is 16.0. The number of nitriles is 2. The van der Waals surface area contributed by atoms with Crippen molar-refractivity contribution < 1.29 is 8.83 Å². The zero-order valence-electron chi connectivity index (χ0n) is 32.9. The molecule has 5 heterocycles. The molecule has 7 heteroatoms. The van der Waals surface area contributed by atoms with Crippen LogP contribution in [0.3, 0.4) is 0 Å². The fourth-order valence-corrected chi connectivity index (χ4v) is 9.84. The van der Waals surface area contributed by atoms with E-state index in [-0.39, 0.29) is 6.17 Å². The molecule has 4 aromatic heterocycles. The molecule has 1 N–H and O–H groups in total. The summed E-state index contributed by atoms with van der Waals surface area (Å²) in [5.74, 6) is 0. The van der Waals surface area contributed by atoms with Gasteiger partial charge in [-0.25, -0.2) is 0 Å². The average Bonchev–Trinajstić information content (AvgIpc) is 4.08. The van der Waals surface area contributed by atoms with Gasteiger partial charge in [-0.05, 0) is 96.1 Å². The number of fused-ring (bicyclic) bond motifs is 12. The quantitative estimate of drug-likeness (QED) is 0.191. The van der Waals surface area contributed by atoms with E-state index in [4.69, 9.17) is 8.83 Å². The summed E-state index contributed by atoms with van der Waals surface area (Å²) in [6.45, 7) is 0. The molecule has 0 saturated carbocycles. The van der Waals surface area contributed by atoms with Gasteiger partial charge in [-0.1, -0.05) is 84.9 Å². The predicted octanol–water partition coefficient (Wildman–Crippen LogP) is 13.9. The Morgan fingerprint density at radius 1 is 0.468 bits per heavy atom. The smallest absolute Gasteiger partial charge is 0.143 e. The molecule has 0 bridgehead atoms. The van der Waals surface area contributed by atoms with Crippen molar-refractivity contribution in [2.45, 2.75) is 6.17 Å². The largest absolute Gasteiger partial charge is 0.455 e. The number of furan rings is 2. The minimum atomic E-state index is -0.217. The Balaban J connectivity index is 0.923. The number of rotatable bonds is 4. The van der Waals surface area contributed by atoms with Gasteiger partial charge in [0, 0.05) is 60.4 Å². The average molecular weight is 794 g/mol. The number of dihydropyridines is 1. The number of nitrogens with zero attached hydrogens (tertiary/aromatic N) is 4. The Labute approximate surface area is 353 Å². The van der Waals surface area contributed by atoms with Crippen LogP contribution in [0, 0.1) is 22.7 Å². The van der Waals surface area contributed by atoms with Crippen LogP contribution >= 0.6 is 0 Å². The lowest BCUT2D eigenvalue weighted by molar-refractivity contribution is 0.577. The van der Waals surface area contributed by atoms with E-state index in [1.54, 1.807) is 0 Å². The number of aromatic nitrogens is 2. The van der Waals surface area contributed by atoms with Gasteiger partial charge in [-0.3, -0.25) is 0 Å². The molecular weight excluding hydrogens is 763 g/mol. The van der Waals surface area contributed by atoms with Crippen LogP contribution < -0.4 is 5.32 Å². The molecule has 1 atom stereocenters. The summed E-state index contributed by atoms with van der Waals surface area (Å²) in [5.41, 5.74) is 13.8. The van der Waals surface area contributed by atoms with E-state index in [1.807, 2.05) is 72.8 Å². The summed E-state index contributed by atoms with van der Waals surface area (Å²) in [6, 6.07) is 58.6. The van der Waals surface area contributed by atoms with Gasteiger partial charge in [0.15, 0.2) is 0 Å². The number of nitrogens with one attached hydrogen (secondary N) is 1. The maximum Gasteiger partial charge on any atom is 0.143 e. The molecule has 12 aromatic rings. The van der Waals surface area contributed by atoms with Gasteiger partial charge in [0.05, 0.1) is 51.0 Å². The molecule has 0 fully saturated rings. The molecule has 1 aliphatic rings. The van der Waals surface area contributed by atoms with E-state index in [0.29, 0.717) is 11.1 Å². The Morgan fingerprint density at radius 2 is 0.952 bits per heavy atom. The fraction of sp³-hybridized carbons (Fsp3) is 0.0182. The Hall–Kier alpha value is -8.78. The Bertz CT molecular complexity index is 4060. The van der Waals surface area contributed by atoms with E-state index >= 15 is 0 Å². The molecule has 0 amide bonds. The zero-order chi connectivity index (χ0) is 41.1. The van der Waals surface area contributed by atoms with Gasteiger partial charge in [-0.2, -0.15) is 10.5 Å². The molecule has 1 unspecified atom stereocenters. The van der Waals surface area contributed by atoms with Crippen LogP contribution in [0.15, 0.2) is 185 Å². The first-order valence-corrected chi connectivity index (χ1v) is 20.6. The highest BCUT2D eigenvalue weighted by molar-refractivity contribution is 6.15. The van der Waals surface area contributed by atoms with E-state index in [9.17, 15) is 10.5 Å². The summed E-state index contributed by atoms with van der Waals surface area (Å²) in [4.78, 5) is 0. The summed E-state index contributed by atoms with van der Waals surface area (Å²) in [7, 11) is 0. The first kappa shape index (κ1) is 34.1. The maximum absolute atomic E-state index is 9.96. The second kappa shape index (κ2) is 12.9. The molecule has 0 saturated heterocycles. The van der Waals surface area contributed by atoms with Gasteiger partial charge in [0.25, 0.3) is 0 Å². The lowest BCUT2D eigenvalue weighted by atomic mass is 10.00. The minimum Gasteiger partial charge on any atom is -0.455 e. The van der Waals surface area contributed by atoms with Crippen LogP contribution in [0.5, 0.6) is 0 Å². The van der Waals surface area contributed by atoms with Crippen molar-refractivity contribution in [2.75, 3.05) is 0 Å². The monoisotopic (exact) mass is 793 g/mol. The van der Waals surface area contributed by atoms with E-state index in [0.717, 1.165) is 115 Å². The highest BCUT2D eigenvalue weighted by Gasteiger charge is 2.23. The highest BCUT2D eigenvalue weighted by Crippen LogP contribution is 2.42. The summed E-state index contributed by atoms with van der Waals surface area (Å²) >= 11 is 0. The topological polar surface area (TPSA) is 95.8 Å². The minimum absolute atomic E-state index is 0.217. The van der Waals surface area contributed by atoms with E-state index in [1.165, 1.54) is 0 Å². The number of benzene rings is 8. The van der Waals surface area contributed by atoms with Crippen LogP contribution in [-0.4, -0.2) is 9.13 Å². The molecule has 0 radical (unpaired) electrons. The van der Waals surface area contributed by atoms with Gasteiger partial charge >= 0.3 is 0 Å². The lowest BCUT2D eigenvalue weighted by Gasteiger charge is -2.23. The van der Waals surface area contributed by atoms with Crippen molar-refractivity contribution >= 4 is 93.2 Å². The fourth-order valence-electron chi connectivity index (χ4n) is 9.84. The summed E-state index contributed by atoms with van der Waals surface area (Å²) in [6.07, 6.45) is 6.21. The maximum atomic E-state index is 9.96. The molecule has 0 spiro atoms. The third-order valence-corrected chi connectivity index (χ3v) is 12.6. The Kier molecular flexibility index (Phi) is 7.08. The summed E-state index contributed by atoms with van der Waals surface area (Å²) < 4.78 is 17.4. The first-order chi connectivity index (χ1) is 30.6. The van der Waals surface area contributed by atoms with E-state index < -0.39 is 0 Å². The summed E-state index contributed by atoms with van der Waals surface area (Å²) in [5, 5.41) is 32.1. The van der Waals surface area contributed by atoms with Crippen molar-refractivity contribution in [3.05, 3.63) is 187 Å². The van der Waals surface area contributed by atoms with Gasteiger partial charge in [0.1, 0.15) is 28.5 Å². The van der Waals surface area contributed by atoms with Crippen molar-refractivity contribution in [1.29, 1.82) is 10.5 Å². The van der Waals surface area contributed by atoms with Gasteiger partial charge in [-0.15, -0.1) is 0 Å². The third kappa shape index (κ3) is 4.85. The van der Waals surface area contributed by atoms with Gasteiger partial charge < -0.3 is 23.3 Å². The third-order valence-electron chi connectivity index (χ3n) is 12.6. The molecule has 0 aliphatic carbocycles. The normalized spacial score (nSPS) is 14.1.